The summed E-state index contributed by atoms with van der Waals surface area (Å²) in [7, 11) is 0. The SMILES string of the molecule is Nc1ccc(C(=O)CNc2ccccc2)cc1. The monoisotopic (exact) mass is 226 g/mol. The number of ketones is 1. The predicted molar refractivity (Wildman–Crippen MR) is 70.1 cm³/mol. The van der Waals surface area contributed by atoms with Crippen molar-refractivity contribution in [3.8, 4) is 0 Å². The molecule has 0 unspecified atom stereocenters. The second-order valence-corrected chi connectivity index (χ2v) is 3.76. The molecule has 3 N–H and O–H groups in total. The summed E-state index contributed by atoms with van der Waals surface area (Å²) in [6.07, 6.45) is 0. The minimum atomic E-state index is 0.0499. The van der Waals surface area contributed by atoms with Gasteiger partial charge in [-0.05, 0) is 36.4 Å². The van der Waals surface area contributed by atoms with Crippen LogP contribution in [0.25, 0.3) is 0 Å². The van der Waals surface area contributed by atoms with Crippen LogP contribution in [-0.4, -0.2) is 12.3 Å². The van der Waals surface area contributed by atoms with Crippen LogP contribution in [0, 0.1) is 0 Å². The van der Waals surface area contributed by atoms with Crippen molar-refractivity contribution in [2.75, 3.05) is 17.6 Å². The van der Waals surface area contributed by atoms with Gasteiger partial charge < -0.3 is 11.1 Å². The van der Waals surface area contributed by atoms with Crippen molar-refractivity contribution in [3.05, 3.63) is 60.2 Å². The number of nitrogens with two attached hydrogens (primary N) is 1. The Morgan fingerprint density at radius 2 is 1.65 bits per heavy atom. The van der Waals surface area contributed by atoms with Gasteiger partial charge in [-0.25, -0.2) is 0 Å². The van der Waals surface area contributed by atoms with Gasteiger partial charge in [-0.15, -0.1) is 0 Å². The third-order valence-corrected chi connectivity index (χ3v) is 2.46. The Morgan fingerprint density at radius 3 is 2.29 bits per heavy atom. The van der Waals surface area contributed by atoms with E-state index in [0.717, 1.165) is 5.69 Å². The van der Waals surface area contributed by atoms with Crippen LogP contribution < -0.4 is 11.1 Å². The number of hydrogen-bond donors (Lipinski definition) is 2. The minimum absolute atomic E-state index is 0.0499. The number of nitrogen functional groups attached to an aromatic ring is 1. The summed E-state index contributed by atoms with van der Waals surface area (Å²) in [4.78, 5) is 11.8. The molecule has 0 amide bonds. The van der Waals surface area contributed by atoms with Gasteiger partial charge in [0.2, 0.25) is 0 Å². The topological polar surface area (TPSA) is 55.1 Å². The van der Waals surface area contributed by atoms with Crippen molar-refractivity contribution in [2.24, 2.45) is 0 Å². The van der Waals surface area contributed by atoms with Gasteiger partial charge in [-0.1, -0.05) is 18.2 Å². The summed E-state index contributed by atoms with van der Waals surface area (Å²) in [5.74, 6) is 0.0499. The third kappa shape index (κ3) is 3.08. The molecule has 2 aromatic rings. The standard InChI is InChI=1S/C14H14N2O/c15-12-8-6-11(7-9-12)14(17)10-16-13-4-2-1-3-5-13/h1-9,16H,10,15H2. The summed E-state index contributed by atoms with van der Waals surface area (Å²) in [5, 5.41) is 3.08. The lowest BCUT2D eigenvalue weighted by Gasteiger charge is -2.05. The van der Waals surface area contributed by atoms with Crippen LogP contribution in [0.5, 0.6) is 0 Å². The maximum atomic E-state index is 11.8. The number of benzene rings is 2. The lowest BCUT2D eigenvalue weighted by Crippen LogP contribution is -2.13. The largest absolute Gasteiger partial charge is 0.399 e. The lowest BCUT2D eigenvalue weighted by atomic mass is 10.1. The number of carbonyl (C=O) groups excluding carboxylic acids is 1. The van der Waals surface area contributed by atoms with E-state index in [1.165, 1.54) is 0 Å². The highest BCUT2D eigenvalue weighted by molar-refractivity contribution is 5.99. The van der Waals surface area contributed by atoms with Gasteiger partial charge in [0.25, 0.3) is 0 Å². The van der Waals surface area contributed by atoms with Gasteiger partial charge >= 0.3 is 0 Å². The smallest absolute Gasteiger partial charge is 0.181 e. The van der Waals surface area contributed by atoms with Crippen molar-refractivity contribution >= 4 is 17.2 Å². The number of para-hydroxylation sites is 1. The molecule has 0 aliphatic rings. The Labute approximate surface area is 100 Å². The minimum Gasteiger partial charge on any atom is -0.399 e. The molecular weight excluding hydrogens is 212 g/mol. The molecule has 3 heteroatoms. The second kappa shape index (κ2) is 5.16. The first-order valence-electron chi connectivity index (χ1n) is 5.43. The zero-order valence-corrected chi connectivity index (χ0v) is 9.39. The van der Waals surface area contributed by atoms with E-state index in [1.54, 1.807) is 24.3 Å². The molecule has 0 fully saturated rings. The van der Waals surface area contributed by atoms with Crippen LogP contribution in [0.1, 0.15) is 10.4 Å². The highest BCUT2D eigenvalue weighted by Gasteiger charge is 2.04. The zero-order chi connectivity index (χ0) is 12.1. The molecule has 0 radical (unpaired) electrons. The van der Waals surface area contributed by atoms with Crippen molar-refractivity contribution in [1.82, 2.24) is 0 Å². The maximum Gasteiger partial charge on any atom is 0.181 e. The van der Waals surface area contributed by atoms with Gasteiger partial charge in [0.05, 0.1) is 6.54 Å². The molecule has 0 aliphatic carbocycles. The van der Waals surface area contributed by atoms with Crippen LogP contribution in [0.15, 0.2) is 54.6 Å². The van der Waals surface area contributed by atoms with E-state index >= 15 is 0 Å². The molecule has 0 saturated heterocycles. The number of carbonyl (C=O) groups is 1. The van der Waals surface area contributed by atoms with Crippen molar-refractivity contribution in [2.45, 2.75) is 0 Å². The van der Waals surface area contributed by atoms with Gasteiger partial charge in [-0.3, -0.25) is 4.79 Å². The highest BCUT2D eigenvalue weighted by atomic mass is 16.1. The van der Waals surface area contributed by atoms with E-state index in [1.807, 2.05) is 30.3 Å². The van der Waals surface area contributed by atoms with E-state index in [9.17, 15) is 4.79 Å². The van der Waals surface area contributed by atoms with E-state index in [4.69, 9.17) is 5.73 Å². The number of nitrogens with one attached hydrogen (secondary N) is 1. The molecule has 0 aliphatic heterocycles. The Balaban J connectivity index is 1.96. The summed E-state index contributed by atoms with van der Waals surface area (Å²) in [6.45, 7) is 0.286. The van der Waals surface area contributed by atoms with Crippen LogP contribution in [-0.2, 0) is 0 Å². The summed E-state index contributed by atoms with van der Waals surface area (Å²) in [5.41, 5.74) is 7.84. The quantitative estimate of drug-likeness (QED) is 0.622. The Hall–Kier alpha value is -2.29. The molecule has 0 aromatic heterocycles. The second-order valence-electron chi connectivity index (χ2n) is 3.76. The van der Waals surface area contributed by atoms with Gasteiger partial charge in [0.15, 0.2) is 5.78 Å². The molecule has 86 valence electrons. The van der Waals surface area contributed by atoms with E-state index < -0.39 is 0 Å². The molecule has 0 spiro atoms. The van der Waals surface area contributed by atoms with Crippen LogP contribution in [0.4, 0.5) is 11.4 Å². The van der Waals surface area contributed by atoms with Gasteiger partial charge in [0.1, 0.15) is 0 Å². The first-order valence-corrected chi connectivity index (χ1v) is 5.43. The van der Waals surface area contributed by atoms with Gasteiger partial charge in [0, 0.05) is 16.9 Å². The summed E-state index contributed by atoms with van der Waals surface area (Å²) in [6, 6.07) is 16.6. The first-order chi connectivity index (χ1) is 8.25. The molecule has 0 bridgehead atoms. The average Bonchev–Trinajstić information content (AvgIpc) is 2.38. The number of hydrogen-bond acceptors (Lipinski definition) is 3. The first kappa shape index (κ1) is 11.2. The average molecular weight is 226 g/mol. The molecule has 3 nitrogen and oxygen atoms in total. The third-order valence-electron chi connectivity index (χ3n) is 2.46. The Bertz CT molecular complexity index is 491. The Kier molecular flexibility index (Phi) is 3.40. The normalized spacial score (nSPS) is 9.88. The molecule has 2 aromatic carbocycles. The molecule has 0 heterocycles. The molecule has 0 atom stereocenters. The Morgan fingerprint density at radius 1 is 1.00 bits per heavy atom. The van der Waals surface area contributed by atoms with Gasteiger partial charge in [-0.2, -0.15) is 0 Å². The fourth-order valence-electron chi connectivity index (χ4n) is 1.51. The summed E-state index contributed by atoms with van der Waals surface area (Å²) >= 11 is 0. The highest BCUT2D eigenvalue weighted by Crippen LogP contribution is 2.08. The van der Waals surface area contributed by atoms with Crippen LogP contribution in [0.2, 0.25) is 0 Å². The number of anilines is 2. The van der Waals surface area contributed by atoms with E-state index in [0.29, 0.717) is 11.3 Å². The maximum absolute atomic E-state index is 11.8. The molecular formula is C14H14N2O. The summed E-state index contributed by atoms with van der Waals surface area (Å²) < 4.78 is 0. The molecule has 17 heavy (non-hydrogen) atoms. The zero-order valence-electron chi connectivity index (χ0n) is 9.39. The van der Waals surface area contributed by atoms with Crippen molar-refractivity contribution < 1.29 is 4.79 Å². The number of Topliss-reactive ketones (excluding diaryl/α,β-unsaturated/α-hetero) is 1. The molecule has 0 saturated carbocycles. The van der Waals surface area contributed by atoms with Crippen molar-refractivity contribution in [3.63, 3.8) is 0 Å². The van der Waals surface area contributed by atoms with Crippen LogP contribution in [0.3, 0.4) is 0 Å². The fraction of sp³-hybridized carbons (Fsp3) is 0.0714. The van der Waals surface area contributed by atoms with Crippen molar-refractivity contribution in [1.29, 1.82) is 0 Å². The van der Waals surface area contributed by atoms with E-state index in [2.05, 4.69) is 5.32 Å². The van der Waals surface area contributed by atoms with E-state index in [-0.39, 0.29) is 12.3 Å². The fourth-order valence-corrected chi connectivity index (χ4v) is 1.51. The predicted octanol–water partition coefficient (Wildman–Crippen LogP) is 2.56. The number of rotatable bonds is 4. The lowest BCUT2D eigenvalue weighted by molar-refractivity contribution is 0.101. The molecule has 2 rings (SSSR count). The van der Waals surface area contributed by atoms with Crippen LogP contribution >= 0.6 is 0 Å².